The molecular weight excluding hydrogens is 483 g/mol. The smallest absolute Gasteiger partial charge is 0.293 e. The topological polar surface area (TPSA) is 79.1 Å². The zero-order valence-electron chi connectivity index (χ0n) is 21.0. The number of benzene rings is 3. The van der Waals surface area contributed by atoms with Crippen molar-refractivity contribution in [2.24, 2.45) is 7.05 Å². The molecule has 8 nitrogen and oxygen atoms in total. The molecule has 0 unspecified atom stereocenters. The first-order valence-electron chi connectivity index (χ1n) is 12.6. The highest BCUT2D eigenvalue weighted by molar-refractivity contribution is 5.83. The quantitative estimate of drug-likeness (QED) is 0.337. The predicted octanol–water partition coefficient (Wildman–Crippen LogP) is 3.98. The number of fused-ring (bicyclic) bond motifs is 1. The summed E-state index contributed by atoms with van der Waals surface area (Å²) in [6.45, 7) is 3.77. The second-order valence-electron chi connectivity index (χ2n) is 9.39. The monoisotopic (exact) mass is 511 g/mol. The van der Waals surface area contributed by atoms with E-state index in [0.29, 0.717) is 36.5 Å². The van der Waals surface area contributed by atoms with Gasteiger partial charge in [-0.25, -0.2) is 9.37 Å². The highest BCUT2D eigenvalue weighted by atomic mass is 19.1. The number of anilines is 3. The van der Waals surface area contributed by atoms with Crippen molar-refractivity contribution in [1.82, 2.24) is 14.6 Å². The van der Waals surface area contributed by atoms with E-state index in [2.05, 4.69) is 32.4 Å². The minimum absolute atomic E-state index is 0.0770. The first kappa shape index (κ1) is 23.9. The molecule has 9 heteroatoms. The average Bonchev–Trinajstić information content (AvgIpc) is 3.42. The summed E-state index contributed by atoms with van der Waals surface area (Å²) in [5, 5.41) is 6.27. The molecule has 6 rings (SSSR count). The summed E-state index contributed by atoms with van der Waals surface area (Å²) in [5.74, 6) is -0.414. The van der Waals surface area contributed by atoms with Crippen molar-refractivity contribution in [3.63, 3.8) is 0 Å². The number of morpholine rings is 1. The van der Waals surface area contributed by atoms with E-state index >= 15 is 4.39 Å². The fourth-order valence-electron chi connectivity index (χ4n) is 4.76. The summed E-state index contributed by atoms with van der Waals surface area (Å²) in [6.07, 6.45) is 3.75. The Balaban J connectivity index is 1.27. The van der Waals surface area contributed by atoms with Crippen LogP contribution >= 0.6 is 0 Å². The molecule has 2 N–H and O–H groups in total. The molecule has 0 spiro atoms. The number of hydrogen-bond acceptors (Lipinski definition) is 5. The zero-order valence-corrected chi connectivity index (χ0v) is 21.0. The summed E-state index contributed by atoms with van der Waals surface area (Å²) < 4.78 is 24.1. The Kier molecular flexibility index (Phi) is 6.35. The predicted molar refractivity (Wildman–Crippen MR) is 145 cm³/mol. The number of ether oxygens (including phenoxy) is 1. The molecule has 5 aromatic rings. The minimum Gasteiger partial charge on any atom is -0.378 e. The lowest BCUT2D eigenvalue weighted by molar-refractivity contribution is -0.742. The average molecular weight is 512 g/mol. The van der Waals surface area contributed by atoms with Crippen LogP contribution in [0.2, 0.25) is 0 Å². The fraction of sp³-hybridized carbons (Fsp3) is 0.207. The number of nitrogens with one attached hydrogen (secondary N) is 2. The van der Waals surface area contributed by atoms with Gasteiger partial charge in [0.15, 0.2) is 18.2 Å². The van der Waals surface area contributed by atoms with E-state index in [1.807, 2.05) is 59.5 Å². The summed E-state index contributed by atoms with van der Waals surface area (Å²) in [7, 11) is 1.63. The van der Waals surface area contributed by atoms with Gasteiger partial charge >= 0.3 is 0 Å². The molecule has 3 heterocycles. The lowest BCUT2D eigenvalue weighted by atomic mass is 10.1. The van der Waals surface area contributed by atoms with E-state index in [4.69, 9.17) is 4.74 Å². The number of rotatable bonds is 6. The lowest BCUT2D eigenvalue weighted by Gasteiger charge is -2.28. The van der Waals surface area contributed by atoms with Gasteiger partial charge in [-0.1, -0.05) is 30.3 Å². The van der Waals surface area contributed by atoms with Crippen molar-refractivity contribution in [3.8, 4) is 11.1 Å². The third-order valence-corrected chi connectivity index (χ3v) is 6.85. The van der Waals surface area contributed by atoms with E-state index in [1.54, 1.807) is 13.1 Å². The van der Waals surface area contributed by atoms with Crippen molar-refractivity contribution >= 4 is 28.2 Å². The Labute approximate surface area is 218 Å². The molecule has 0 aliphatic carbocycles. The van der Waals surface area contributed by atoms with E-state index in [0.717, 1.165) is 29.9 Å². The molecule has 0 bridgehead atoms. The van der Waals surface area contributed by atoms with Gasteiger partial charge < -0.3 is 19.5 Å². The SMILES string of the molecule is Cn1c(=O)c(Nc2ccc(N3CCOCC3)cc2)nc2c(F)cc(-c3c[nH][n+](Cc4ccccc4)c3)cc21. The van der Waals surface area contributed by atoms with Gasteiger partial charge in [-0.3, -0.25) is 4.79 Å². The van der Waals surface area contributed by atoms with Crippen LogP contribution < -0.4 is 20.5 Å². The maximum atomic E-state index is 15.3. The number of nitrogens with zero attached hydrogens (tertiary/aromatic N) is 4. The zero-order chi connectivity index (χ0) is 26.1. The Morgan fingerprint density at radius 3 is 2.58 bits per heavy atom. The van der Waals surface area contributed by atoms with Crippen molar-refractivity contribution in [2.45, 2.75) is 6.54 Å². The largest absolute Gasteiger partial charge is 0.378 e. The number of hydrogen-bond donors (Lipinski definition) is 2. The van der Waals surface area contributed by atoms with Gasteiger partial charge in [0.2, 0.25) is 6.20 Å². The molecule has 1 aliphatic rings. The summed E-state index contributed by atoms with van der Waals surface area (Å²) in [4.78, 5) is 19.8. The second-order valence-corrected chi connectivity index (χ2v) is 9.39. The number of aromatic nitrogens is 4. The van der Waals surface area contributed by atoms with Gasteiger partial charge in [-0.15, -0.1) is 4.68 Å². The molecule has 2 aromatic heterocycles. The van der Waals surface area contributed by atoms with E-state index in [-0.39, 0.29) is 16.9 Å². The molecule has 38 heavy (non-hydrogen) atoms. The van der Waals surface area contributed by atoms with Crippen LogP contribution in [0.1, 0.15) is 5.56 Å². The van der Waals surface area contributed by atoms with Crippen LogP contribution in [-0.2, 0) is 18.3 Å². The summed E-state index contributed by atoms with van der Waals surface area (Å²) >= 11 is 0. The van der Waals surface area contributed by atoms with Crippen molar-refractivity contribution in [2.75, 3.05) is 36.5 Å². The second kappa shape index (κ2) is 10.1. The molecule has 1 saturated heterocycles. The van der Waals surface area contributed by atoms with Crippen LogP contribution in [0.4, 0.5) is 21.6 Å². The molecule has 0 radical (unpaired) electrons. The first-order chi connectivity index (χ1) is 18.5. The van der Waals surface area contributed by atoms with Crippen LogP contribution in [0.25, 0.3) is 22.2 Å². The van der Waals surface area contributed by atoms with Crippen LogP contribution in [0, 0.1) is 5.82 Å². The van der Waals surface area contributed by atoms with Gasteiger partial charge in [0.05, 0.1) is 30.5 Å². The minimum atomic E-state index is -0.491. The molecule has 3 aromatic carbocycles. The molecule has 1 aliphatic heterocycles. The van der Waals surface area contributed by atoms with Gasteiger partial charge in [-0.2, -0.15) is 5.10 Å². The third kappa shape index (κ3) is 4.76. The molecule has 0 atom stereocenters. The molecule has 192 valence electrons. The van der Waals surface area contributed by atoms with Crippen LogP contribution in [0.3, 0.4) is 0 Å². The van der Waals surface area contributed by atoms with Gasteiger partial charge in [0.25, 0.3) is 5.56 Å². The van der Waals surface area contributed by atoms with Crippen LogP contribution in [0.5, 0.6) is 0 Å². The molecule has 0 saturated carbocycles. The Morgan fingerprint density at radius 1 is 1.05 bits per heavy atom. The normalized spacial score (nSPS) is 13.7. The van der Waals surface area contributed by atoms with Crippen molar-refractivity contribution in [1.29, 1.82) is 0 Å². The number of aromatic amines is 1. The molecular formula is C29H28FN6O2+. The maximum absolute atomic E-state index is 15.3. The highest BCUT2D eigenvalue weighted by Gasteiger charge is 2.17. The highest BCUT2D eigenvalue weighted by Crippen LogP contribution is 2.26. The van der Waals surface area contributed by atoms with Crippen LogP contribution in [0.15, 0.2) is 83.9 Å². The van der Waals surface area contributed by atoms with Gasteiger partial charge in [-0.05, 0) is 42.0 Å². The van der Waals surface area contributed by atoms with Crippen molar-refractivity contribution < 1.29 is 13.8 Å². The van der Waals surface area contributed by atoms with E-state index < -0.39 is 5.82 Å². The van der Waals surface area contributed by atoms with E-state index in [9.17, 15) is 4.79 Å². The Hall–Kier alpha value is -4.50. The van der Waals surface area contributed by atoms with Crippen LogP contribution in [-0.4, -0.2) is 41.0 Å². The Morgan fingerprint density at radius 2 is 1.82 bits per heavy atom. The standard InChI is InChI=1S/C29H27FN6O2/c1-34-26-16-21(22-17-31-36(19-22)18-20-5-3-2-4-6-20)15-25(30)27(26)33-28(29(34)37)32-23-7-9-24(10-8-23)35-11-13-38-14-12-35/h2-10,15-17,19H,11-14,18H2,1H3,(H,32,33)/p+1. The number of H-pyrrole nitrogens is 1. The van der Waals surface area contributed by atoms with Gasteiger partial charge in [0, 0.05) is 37.1 Å². The molecule has 0 amide bonds. The Bertz CT molecular complexity index is 1640. The first-order valence-corrected chi connectivity index (χ1v) is 12.6. The van der Waals surface area contributed by atoms with Crippen molar-refractivity contribution in [3.05, 3.63) is 101 Å². The van der Waals surface area contributed by atoms with Gasteiger partial charge in [0.1, 0.15) is 5.52 Å². The molecule has 1 fully saturated rings. The lowest BCUT2D eigenvalue weighted by Crippen LogP contribution is -2.36. The summed E-state index contributed by atoms with van der Waals surface area (Å²) in [6, 6.07) is 21.1. The summed E-state index contributed by atoms with van der Waals surface area (Å²) in [5.41, 5.74) is 4.65. The van der Waals surface area contributed by atoms with E-state index in [1.165, 1.54) is 10.6 Å². The maximum Gasteiger partial charge on any atom is 0.293 e. The number of halogens is 1. The third-order valence-electron chi connectivity index (χ3n) is 6.85. The number of aryl methyl sites for hydroxylation is 1. The fourth-order valence-corrected chi connectivity index (χ4v) is 4.76.